The monoisotopic (exact) mass is 481 g/mol. The van der Waals surface area contributed by atoms with Gasteiger partial charge in [-0.1, -0.05) is 31.4 Å². The number of anilines is 1. The highest BCUT2D eigenvalue weighted by atomic mass is 32.2. The summed E-state index contributed by atoms with van der Waals surface area (Å²) in [6, 6.07) is 11.8. The molecule has 1 saturated carbocycles. The molecule has 1 amide bonds. The highest BCUT2D eigenvalue weighted by molar-refractivity contribution is 7.92. The second-order valence-corrected chi connectivity index (χ2v) is 10.8. The molecule has 1 aliphatic carbocycles. The molecule has 0 aliphatic heterocycles. The Morgan fingerprint density at radius 3 is 2.50 bits per heavy atom. The van der Waals surface area contributed by atoms with Crippen LogP contribution in [-0.2, 0) is 10.0 Å². The van der Waals surface area contributed by atoms with Crippen molar-refractivity contribution in [1.29, 1.82) is 0 Å². The van der Waals surface area contributed by atoms with Gasteiger partial charge in [-0.15, -0.1) is 0 Å². The van der Waals surface area contributed by atoms with Crippen molar-refractivity contribution in [1.82, 2.24) is 9.88 Å². The van der Waals surface area contributed by atoms with Crippen LogP contribution in [0.4, 0.5) is 5.69 Å². The summed E-state index contributed by atoms with van der Waals surface area (Å²) >= 11 is 0. The number of fused-ring (bicyclic) bond motifs is 1. The lowest BCUT2D eigenvalue weighted by atomic mass is 9.94. The zero-order valence-corrected chi connectivity index (χ0v) is 20.7. The molecule has 7 nitrogen and oxygen atoms in total. The fraction of sp³-hybridized carbons (Fsp3) is 0.385. The van der Waals surface area contributed by atoms with Gasteiger partial charge in [-0.05, 0) is 62.6 Å². The maximum absolute atomic E-state index is 13.5. The smallest absolute Gasteiger partial charge is 0.264 e. The summed E-state index contributed by atoms with van der Waals surface area (Å²) in [5, 5.41) is 0.185. The van der Waals surface area contributed by atoms with E-state index in [0.717, 1.165) is 31.2 Å². The Morgan fingerprint density at radius 2 is 1.82 bits per heavy atom. The standard InChI is InChI=1S/C26H31N3O4S/c1-4-29(20-12-8-9-18(2)15-20)34(32,33)21-13-14-24-22(16-21)25(30)23(17-27-24)26(31)28(3)19-10-6-5-7-11-19/h8-9,12-17,19H,4-7,10-11H2,1-3H3,(H,27,30). The van der Waals surface area contributed by atoms with Gasteiger partial charge in [0.15, 0.2) is 0 Å². The van der Waals surface area contributed by atoms with Crippen LogP contribution < -0.4 is 9.73 Å². The maximum Gasteiger partial charge on any atom is 0.264 e. The fourth-order valence-corrected chi connectivity index (χ4v) is 6.24. The van der Waals surface area contributed by atoms with Gasteiger partial charge >= 0.3 is 0 Å². The third kappa shape index (κ3) is 4.46. The average Bonchev–Trinajstić information content (AvgIpc) is 2.84. The summed E-state index contributed by atoms with van der Waals surface area (Å²) in [6.07, 6.45) is 6.62. The van der Waals surface area contributed by atoms with Crippen LogP contribution in [0.5, 0.6) is 0 Å². The van der Waals surface area contributed by atoms with Crippen LogP contribution in [0.1, 0.15) is 54.9 Å². The van der Waals surface area contributed by atoms with Gasteiger partial charge < -0.3 is 9.88 Å². The van der Waals surface area contributed by atoms with Crippen LogP contribution in [0.3, 0.4) is 0 Å². The summed E-state index contributed by atoms with van der Waals surface area (Å²) in [7, 11) is -2.17. The second kappa shape index (κ2) is 9.62. The van der Waals surface area contributed by atoms with Gasteiger partial charge in [-0.3, -0.25) is 13.9 Å². The number of rotatable bonds is 6. The highest BCUT2D eigenvalue weighted by Crippen LogP contribution is 2.26. The van der Waals surface area contributed by atoms with E-state index in [2.05, 4.69) is 4.98 Å². The summed E-state index contributed by atoms with van der Waals surface area (Å²) in [4.78, 5) is 31.1. The lowest BCUT2D eigenvalue weighted by Crippen LogP contribution is -2.40. The normalized spacial score (nSPS) is 14.8. The van der Waals surface area contributed by atoms with Crippen molar-refractivity contribution in [3.8, 4) is 0 Å². The molecule has 1 N–H and O–H groups in total. The minimum absolute atomic E-state index is 0.0130. The number of pyridine rings is 1. The Balaban J connectivity index is 1.74. The first-order valence-electron chi connectivity index (χ1n) is 11.8. The molecule has 0 spiro atoms. The molecule has 0 radical (unpaired) electrons. The van der Waals surface area contributed by atoms with Crippen LogP contribution in [0.25, 0.3) is 10.9 Å². The van der Waals surface area contributed by atoms with E-state index in [1.807, 2.05) is 25.1 Å². The Hall–Kier alpha value is -3.13. The Labute approximate surface area is 200 Å². The third-order valence-corrected chi connectivity index (χ3v) is 8.59. The molecule has 0 atom stereocenters. The van der Waals surface area contributed by atoms with Crippen LogP contribution in [0.15, 0.2) is 58.4 Å². The molecule has 1 fully saturated rings. The first-order valence-corrected chi connectivity index (χ1v) is 13.2. The molecule has 0 saturated heterocycles. The van der Waals surface area contributed by atoms with Gasteiger partial charge in [0.05, 0.1) is 10.6 Å². The number of nitrogens with zero attached hydrogens (tertiary/aromatic N) is 2. The third-order valence-electron chi connectivity index (χ3n) is 6.69. The van der Waals surface area contributed by atoms with E-state index < -0.39 is 15.5 Å². The average molecular weight is 482 g/mol. The molecule has 2 aromatic carbocycles. The number of aryl methyl sites for hydroxylation is 1. The topological polar surface area (TPSA) is 90.6 Å². The van der Waals surface area contributed by atoms with E-state index in [-0.39, 0.29) is 34.3 Å². The van der Waals surface area contributed by atoms with Gasteiger partial charge in [-0.25, -0.2) is 8.42 Å². The molecule has 0 unspecified atom stereocenters. The minimum Gasteiger partial charge on any atom is -0.360 e. The SMILES string of the molecule is CCN(c1cccc(C)c1)S(=O)(=O)c1ccc2[nH]cc(C(=O)N(C)C3CCCCC3)c(=O)c2c1. The number of carbonyl (C=O) groups excluding carboxylic acids is 1. The van der Waals surface area contributed by atoms with Crippen molar-refractivity contribution in [2.24, 2.45) is 0 Å². The molecule has 3 aromatic rings. The molecular formula is C26H31N3O4S. The number of aromatic nitrogens is 1. The van der Waals surface area contributed by atoms with E-state index in [1.165, 1.54) is 29.1 Å². The summed E-state index contributed by atoms with van der Waals surface area (Å²) < 4.78 is 28.3. The van der Waals surface area contributed by atoms with Crippen molar-refractivity contribution in [3.05, 3.63) is 70.0 Å². The minimum atomic E-state index is -3.91. The quantitative estimate of drug-likeness (QED) is 0.563. The highest BCUT2D eigenvalue weighted by Gasteiger charge is 2.27. The van der Waals surface area contributed by atoms with E-state index in [1.54, 1.807) is 31.0 Å². The first-order chi connectivity index (χ1) is 16.2. The summed E-state index contributed by atoms with van der Waals surface area (Å²) in [5.41, 5.74) is 1.57. The molecule has 34 heavy (non-hydrogen) atoms. The van der Waals surface area contributed by atoms with E-state index in [9.17, 15) is 18.0 Å². The number of H-pyrrole nitrogens is 1. The van der Waals surface area contributed by atoms with Gasteiger partial charge in [0, 0.05) is 36.7 Å². The number of sulfonamides is 1. The molecule has 180 valence electrons. The van der Waals surface area contributed by atoms with Crippen molar-refractivity contribution in [2.75, 3.05) is 17.9 Å². The number of carbonyl (C=O) groups is 1. The lowest BCUT2D eigenvalue weighted by molar-refractivity contribution is 0.0695. The van der Waals surface area contributed by atoms with Crippen LogP contribution in [0.2, 0.25) is 0 Å². The molecule has 8 heteroatoms. The summed E-state index contributed by atoms with van der Waals surface area (Å²) in [6.45, 7) is 3.92. The van der Waals surface area contributed by atoms with Crippen LogP contribution in [0, 0.1) is 6.92 Å². The Kier molecular flexibility index (Phi) is 6.79. The van der Waals surface area contributed by atoms with Crippen molar-refractivity contribution in [2.45, 2.75) is 56.9 Å². The van der Waals surface area contributed by atoms with Gasteiger partial charge in [0.25, 0.3) is 15.9 Å². The first kappa shape index (κ1) is 24.0. The van der Waals surface area contributed by atoms with Crippen LogP contribution >= 0.6 is 0 Å². The number of hydrogen-bond donors (Lipinski definition) is 1. The summed E-state index contributed by atoms with van der Waals surface area (Å²) in [5.74, 6) is -0.335. The number of hydrogen-bond acceptors (Lipinski definition) is 4. The predicted octanol–water partition coefficient (Wildman–Crippen LogP) is 4.46. The molecule has 0 bridgehead atoms. The van der Waals surface area contributed by atoms with E-state index >= 15 is 0 Å². The number of aromatic amines is 1. The fourth-order valence-electron chi connectivity index (χ4n) is 4.74. The second-order valence-electron chi connectivity index (χ2n) is 8.96. The maximum atomic E-state index is 13.5. The van der Waals surface area contributed by atoms with E-state index in [0.29, 0.717) is 11.2 Å². The zero-order chi connectivity index (χ0) is 24.5. The largest absolute Gasteiger partial charge is 0.360 e. The number of nitrogens with one attached hydrogen (secondary N) is 1. The number of amides is 1. The lowest BCUT2D eigenvalue weighted by Gasteiger charge is -2.31. The molecule has 4 rings (SSSR count). The Morgan fingerprint density at radius 1 is 1.09 bits per heavy atom. The van der Waals surface area contributed by atoms with Gasteiger partial charge in [0.2, 0.25) is 5.43 Å². The van der Waals surface area contributed by atoms with Crippen molar-refractivity contribution < 1.29 is 13.2 Å². The molecular weight excluding hydrogens is 450 g/mol. The number of benzene rings is 2. The van der Waals surface area contributed by atoms with Gasteiger partial charge in [-0.2, -0.15) is 0 Å². The van der Waals surface area contributed by atoms with Crippen LogP contribution in [-0.4, -0.2) is 43.8 Å². The molecule has 1 aliphatic rings. The predicted molar refractivity (Wildman–Crippen MR) is 135 cm³/mol. The molecule has 1 heterocycles. The molecule has 1 aromatic heterocycles. The Bertz CT molecular complexity index is 1370. The van der Waals surface area contributed by atoms with Gasteiger partial charge in [0.1, 0.15) is 5.56 Å². The zero-order valence-electron chi connectivity index (χ0n) is 19.9. The van der Waals surface area contributed by atoms with E-state index in [4.69, 9.17) is 0 Å². The van der Waals surface area contributed by atoms with Crippen molar-refractivity contribution >= 4 is 32.5 Å². The van der Waals surface area contributed by atoms with Crippen molar-refractivity contribution in [3.63, 3.8) is 0 Å².